The Morgan fingerprint density at radius 2 is 1.76 bits per heavy atom. The summed E-state index contributed by atoms with van der Waals surface area (Å²) in [5.74, 6) is -1.42. The highest BCUT2D eigenvalue weighted by atomic mass is 16.5. The van der Waals surface area contributed by atoms with Gasteiger partial charge in [-0.3, -0.25) is 4.79 Å². The summed E-state index contributed by atoms with van der Waals surface area (Å²) in [6.07, 6.45) is 0. The lowest BCUT2D eigenvalue weighted by Crippen LogP contribution is -2.17. The SMILES string of the molecule is CCOC(=O)C(=O)c1ccc2c3ccccc3n(C)c2c1. The fraction of sp³-hybridized carbons (Fsp3) is 0.176. The maximum atomic E-state index is 12.0. The van der Waals surface area contributed by atoms with E-state index in [1.807, 2.05) is 41.9 Å². The summed E-state index contributed by atoms with van der Waals surface area (Å²) in [7, 11) is 1.95. The summed E-state index contributed by atoms with van der Waals surface area (Å²) in [6, 6.07) is 13.3. The molecule has 0 aliphatic heterocycles. The molecule has 1 heterocycles. The topological polar surface area (TPSA) is 48.3 Å². The molecule has 0 fully saturated rings. The van der Waals surface area contributed by atoms with Crippen molar-refractivity contribution >= 4 is 33.6 Å². The number of ether oxygens (including phenoxy) is 1. The van der Waals surface area contributed by atoms with Gasteiger partial charge in [0.25, 0.3) is 5.78 Å². The van der Waals surface area contributed by atoms with Gasteiger partial charge in [-0.15, -0.1) is 0 Å². The van der Waals surface area contributed by atoms with E-state index in [2.05, 4.69) is 0 Å². The van der Waals surface area contributed by atoms with Gasteiger partial charge in [0.2, 0.25) is 0 Å². The van der Waals surface area contributed by atoms with Crippen LogP contribution >= 0.6 is 0 Å². The monoisotopic (exact) mass is 281 g/mol. The zero-order valence-corrected chi connectivity index (χ0v) is 11.9. The molecule has 2 aromatic carbocycles. The van der Waals surface area contributed by atoms with Gasteiger partial charge in [0.15, 0.2) is 0 Å². The largest absolute Gasteiger partial charge is 0.460 e. The van der Waals surface area contributed by atoms with Crippen LogP contribution in [0.1, 0.15) is 17.3 Å². The lowest BCUT2D eigenvalue weighted by atomic mass is 10.1. The second-order valence-corrected chi connectivity index (χ2v) is 4.86. The van der Waals surface area contributed by atoms with Crippen LogP contribution in [-0.2, 0) is 16.6 Å². The number of rotatable bonds is 3. The van der Waals surface area contributed by atoms with E-state index in [1.165, 1.54) is 0 Å². The molecule has 0 radical (unpaired) electrons. The van der Waals surface area contributed by atoms with Gasteiger partial charge in [0.1, 0.15) is 0 Å². The number of carbonyl (C=O) groups excluding carboxylic acids is 2. The second-order valence-electron chi connectivity index (χ2n) is 4.86. The number of benzene rings is 2. The van der Waals surface area contributed by atoms with Gasteiger partial charge >= 0.3 is 5.97 Å². The highest BCUT2D eigenvalue weighted by Crippen LogP contribution is 2.28. The van der Waals surface area contributed by atoms with Crippen LogP contribution in [0.5, 0.6) is 0 Å². The number of carbonyl (C=O) groups is 2. The molecule has 0 aliphatic carbocycles. The second kappa shape index (κ2) is 5.05. The van der Waals surface area contributed by atoms with Crippen molar-refractivity contribution in [3.05, 3.63) is 48.0 Å². The minimum atomic E-state index is -0.810. The molecule has 106 valence electrons. The van der Waals surface area contributed by atoms with Gasteiger partial charge in [0.05, 0.1) is 6.61 Å². The van der Waals surface area contributed by atoms with Crippen molar-refractivity contribution in [2.45, 2.75) is 6.92 Å². The first-order valence-electron chi connectivity index (χ1n) is 6.82. The number of hydrogen-bond acceptors (Lipinski definition) is 3. The van der Waals surface area contributed by atoms with Gasteiger partial charge in [0, 0.05) is 34.4 Å². The fourth-order valence-electron chi connectivity index (χ4n) is 2.62. The third-order valence-corrected chi connectivity index (χ3v) is 3.64. The molecular formula is C17H15NO3. The smallest absolute Gasteiger partial charge is 0.379 e. The third kappa shape index (κ3) is 2.09. The highest BCUT2D eigenvalue weighted by molar-refractivity contribution is 6.41. The first-order valence-corrected chi connectivity index (χ1v) is 6.82. The van der Waals surface area contributed by atoms with Crippen LogP contribution in [-0.4, -0.2) is 22.9 Å². The van der Waals surface area contributed by atoms with Crippen LogP contribution in [0.15, 0.2) is 42.5 Å². The number of hydrogen-bond donors (Lipinski definition) is 0. The van der Waals surface area contributed by atoms with E-state index >= 15 is 0 Å². The Balaban J connectivity index is 2.17. The number of fused-ring (bicyclic) bond motifs is 3. The summed E-state index contributed by atoms with van der Waals surface area (Å²) >= 11 is 0. The molecule has 0 aliphatic rings. The summed E-state index contributed by atoms with van der Waals surface area (Å²) in [4.78, 5) is 23.6. The Hall–Kier alpha value is -2.62. The molecule has 3 aromatic rings. The Morgan fingerprint density at radius 3 is 2.52 bits per heavy atom. The van der Waals surface area contributed by atoms with E-state index in [4.69, 9.17) is 4.74 Å². The summed E-state index contributed by atoms with van der Waals surface area (Å²) in [6.45, 7) is 1.87. The lowest BCUT2D eigenvalue weighted by molar-refractivity contribution is -0.137. The van der Waals surface area contributed by atoms with Crippen molar-refractivity contribution in [3.8, 4) is 0 Å². The van der Waals surface area contributed by atoms with Crippen LogP contribution in [0.2, 0.25) is 0 Å². The normalized spacial score (nSPS) is 11.0. The van der Waals surface area contributed by atoms with E-state index in [1.54, 1.807) is 19.1 Å². The number of Topliss-reactive ketones (excluding diaryl/α,β-unsaturated/α-hetero) is 1. The van der Waals surface area contributed by atoms with E-state index in [0.717, 1.165) is 21.8 Å². The molecule has 0 atom stereocenters. The van der Waals surface area contributed by atoms with Crippen LogP contribution in [0.3, 0.4) is 0 Å². The Kier molecular flexibility index (Phi) is 3.22. The molecule has 1 aromatic heterocycles. The van der Waals surface area contributed by atoms with E-state index in [-0.39, 0.29) is 6.61 Å². The molecule has 0 unspecified atom stereocenters. The molecule has 0 saturated heterocycles. The molecular weight excluding hydrogens is 266 g/mol. The van der Waals surface area contributed by atoms with Crippen molar-refractivity contribution in [1.82, 2.24) is 4.57 Å². The molecule has 0 amide bonds. The molecule has 0 spiro atoms. The third-order valence-electron chi connectivity index (χ3n) is 3.64. The first-order chi connectivity index (χ1) is 10.1. The van der Waals surface area contributed by atoms with Crippen LogP contribution in [0.25, 0.3) is 21.8 Å². The van der Waals surface area contributed by atoms with Gasteiger partial charge in [-0.2, -0.15) is 0 Å². The maximum absolute atomic E-state index is 12.0. The van der Waals surface area contributed by atoms with Crippen molar-refractivity contribution in [1.29, 1.82) is 0 Å². The maximum Gasteiger partial charge on any atom is 0.379 e. The zero-order valence-electron chi connectivity index (χ0n) is 11.9. The molecule has 4 heteroatoms. The summed E-state index contributed by atoms with van der Waals surface area (Å²) in [5, 5.41) is 2.19. The molecule has 0 bridgehead atoms. The minimum absolute atomic E-state index is 0.195. The Labute approximate surface area is 121 Å². The molecule has 0 N–H and O–H groups in total. The quantitative estimate of drug-likeness (QED) is 0.421. The van der Waals surface area contributed by atoms with Crippen LogP contribution in [0, 0.1) is 0 Å². The number of esters is 1. The average Bonchev–Trinajstić information content (AvgIpc) is 2.80. The van der Waals surface area contributed by atoms with Gasteiger partial charge in [-0.1, -0.05) is 30.3 Å². The molecule has 4 nitrogen and oxygen atoms in total. The van der Waals surface area contributed by atoms with Gasteiger partial charge < -0.3 is 9.30 Å². The lowest BCUT2D eigenvalue weighted by Gasteiger charge is -2.02. The fourth-order valence-corrected chi connectivity index (χ4v) is 2.62. The van der Waals surface area contributed by atoms with Crippen molar-refractivity contribution < 1.29 is 14.3 Å². The predicted molar refractivity (Wildman–Crippen MR) is 81.4 cm³/mol. The Bertz CT molecular complexity index is 861. The summed E-state index contributed by atoms with van der Waals surface area (Å²) in [5.41, 5.74) is 2.37. The van der Waals surface area contributed by atoms with E-state index in [0.29, 0.717) is 5.56 Å². The number of ketones is 1. The molecule has 0 saturated carbocycles. The van der Waals surface area contributed by atoms with Gasteiger partial charge in [-0.25, -0.2) is 4.79 Å². The zero-order chi connectivity index (χ0) is 15.0. The van der Waals surface area contributed by atoms with Crippen LogP contribution in [0.4, 0.5) is 0 Å². The van der Waals surface area contributed by atoms with Crippen LogP contribution < -0.4 is 0 Å². The number of nitrogens with zero attached hydrogens (tertiary/aromatic N) is 1. The standard InChI is InChI=1S/C17H15NO3/c1-3-21-17(20)16(19)11-8-9-13-12-6-4-5-7-14(12)18(2)15(13)10-11/h4-10H,3H2,1-2H3. The van der Waals surface area contributed by atoms with Crippen molar-refractivity contribution in [2.75, 3.05) is 6.61 Å². The average molecular weight is 281 g/mol. The number of aryl methyl sites for hydroxylation is 1. The minimum Gasteiger partial charge on any atom is -0.460 e. The van der Waals surface area contributed by atoms with Crippen molar-refractivity contribution in [2.24, 2.45) is 7.05 Å². The molecule has 21 heavy (non-hydrogen) atoms. The van der Waals surface area contributed by atoms with E-state index < -0.39 is 11.8 Å². The number of aromatic nitrogens is 1. The molecule has 3 rings (SSSR count). The predicted octanol–water partition coefficient (Wildman–Crippen LogP) is 3.08. The summed E-state index contributed by atoms with van der Waals surface area (Å²) < 4.78 is 6.78. The highest BCUT2D eigenvalue weighted by Gasteiger charge is 2.19. The van der Waals surface area contributed by atoms with Gasteiger partial charge in [-0.05, 0) is 19.1 Å². The first kappa shape index (κ1) is 13.4. The van der Waals surface area contributed by atoms with E-state index in [9.17, 15) is 9.59 Å². The Morgan fingerprint density at radius 1 is 1.05 bits per heavy atom. The van der Waals surface area contributed by atoms with Crippen molar-refractivity contribution in [3.63, 3.8) is 0 Å². The number of para-hydroxylation sites is 1.